The van der Waals surface area contributed by atoms with Gasteiger partial charge in [-0.2, -0.15) is 0 Å². The van der Waals surface area contributed by atoms with Crippen LogP contribution in [0, 0.1) is 0 Å². The van der Waals surface area contributed by atoms with Gasteiger partial charge >= 0.3 is 0 Å². The summed E-state index contributed by atoms with van der Waals surface area (Å²) in [5.41, 5.74) is 1.56. The van der Waals surface area contributed by atoms with Gasteiger partial charge < -0.3 is 10.2 Å². The van der Waals surface area contributed by atoms with Gasteiger partial charge in [0, 0.05) is 13.1 Å². The van der Waals surface area contributed by atoms with Crippen LogP contribution in [0.25, 0.3) is 0 Å². The summed E-state index contributed by atoms with van der Waals surface area (Å²) in [6.45, 7) is 3.35. The molecule has 0 saturated carbocycles. The smallest absolute Gasteiger partial charge is 0.0165 e. The van der Waals surface area contributed by atoms with Gasteiger partial charge in [0.2, 0.25) is 0 Å². The Balaban J connectivity index is 2.25. The molecule has 0 aromatic rings. The fourth-order valence-corrected chi connectivity index (χ4v) is 1.07. The summed E-state index contributed by atoms with van der Waals surface area (Å²) in [5.74, 6) is 0. The van der Waals surface area contributed by atoms with E-state index in [0.717, 1.165) is 13.1 Å². The highest BCUT2D eigenvalue weighted by Gasteiger charge is 2.03. The fourth-order valence-electron chi connectivity index (χ4n) is 1.07. The average Bonchev–Trinajstić information content (AvgIpc) is 2.34. The van der Waals surface area contributed by atoms with E-state index in [1.807, 2.05) is 0 Å². The van der Waals surface area contributed by atoms with Crippen molar-refractivity contribution in [2.75, 3.05) is 33.7 Å². The topological polar surface area (TPSA) is 15.3 Å². The van der Waals surface area contributed by atoms with E-state index >= 15 is 0 Å². The minimum Gasteiger partial charge on any atom is -0.313 e. The SMILES string of the molecule is CN(C)C/C=C1\CCNC1. The first-order valence-electron chi connectivity index (χ1n) is 3.82. The van der Waals surface area contributed by atoms with Crippen LogP contribution in [0.5, 0.6) is 0 Å². The minimum absolute atomic E-state index is 1.08. The normalized spacial score (nSPS) is 22.9. The molecule has 0 bridgehead atoms. The predicted molar refractivity (Wildman–Crippen MR) is 44.1 cm³/mol. The molecule has 0 unspecified atom stereocenters. The van der Waals surface area contributed by atoms with Crippen LogP contribution in [0.3, 0.4) is 0 Å². The largest absolute Gasteiger partial charge is 0.313 e. The van der Waals surface area contributed by atoms with E-state index in [9.17, 15) is 0 Å². The molecule has 58 valence electrons. The molecule has 0 aliphatic carbocycles. The first-order chi connectivity index (χ1) is 4.79. The van der Waals surface area contributed by atoms with Crippen LogP contribution in [-0.2, 0) is 0 Å². The maximum atomic E-state index is 3.31. The Hall–Kier alpha value is -0.340. The average molecular weight is 140 g/mol. The van der Waals surface area contributed by atoms with Crippen molar-refractivity contribution in [3.63, 3.8) is 0 Å². The third kappa shape index (κ3) is 2.50. The molecule has 10 heavy (non-hydrogen) atoms. The van der Waals surface area contributed by atoms with E-state index in [2.05, 4.69) is 30.4 Å². The lowest BCUT2D eigenvalue weighted by Gasteiger charge is -2.04. The zero-order valence-corrected chi connectivity index (χ0v) is 6.85. The van der Waals surface area contributed by atoms with Gasteiger partial charge in [0.15, 0.2) is 0 Å². The quantitative estimate of drug-likeness (QED) is 0.561. The summed E-state index contributed by atoms with van der Waals surface area (Å²) < 4.78 is 0. The Bertz CT molecular complexity index is 119. The van der Waals surface area contributed by atoms with Crippen LogP contribution in [0.1, 0.15) is 6.42 Å². The summed E-state index contributed by atoms with van der Waals surface area (Å²) in [5, 5.41) is 3.31. The maximum absolute atomic E-state index is 3.31. The third-order valence-electron chi connectivity index (χ3n) is 1.72. The highest BCUT2D eigenvalue weighted by atomic mass is 15.0. The number of rotatable bonds is 2. The molecule has 0 atom stereocenters. The van der Waals surface area contributed by atoms with Gasteiger partial charge in [-0.05, 0) is 27.1 Å². The molecule has 1 rings (SSSR count). The van der Waals surface area contributed by atoms with Gasteiger partial charge in [0.1, 0.15) is 0 Å². The Labute approximate surface area is 62.9 Å². The molecule has 1 saturated heterocycles. The van der Waals surface area contributed by atoms with E-state index in [1.54, 1.807) is 5.57 Å². The first kappa shape index (κ1) is 7.76. The number of hydrogen-bond acceptors (Lipinski definition) is 2. The van der Waals surface area contributed by atoms with Crippen molar-refractivity contribution in [3.05, 3.63) is 11.6 Å². The molecule has 0 radical (unpaired) electrons. The second-order valence-corrected chi connectivity index (χ2v) is 3.05. The Kier molecular flexibility index (Phi) is 2.90. The standard InChI is InChI=1S/C8H16N2/c1-10(2)6-4-8-3-5-9-7-8/h4,9H,3,5-7H2,1-2H3/b8-4+. The number of hydrogen-bond donors (Lipinski definition) is 1. The highest BCUT2D eigenvalue weighted by Crippen LogP contribution is 2.04. The molecule has 0 aromatic heterocycles. The van der Waals surface area contributed by atoms with Gasteiger partial charge in [0.25, 0.3) is 0 Å². The van der Waals surface area contributed by atoms with Crippen molar-refractivity contribution >= 4 is 0 Å². The number of nitrogens with zero attached hydrogens (tertiary/aromatic N) is 1. The van der Waals surface area contributed by atoms with Gasteiger partial charge in [0.05, 0.1) is 0 Å². The molecule has 0 spiro atoms. The number of likely N-dealkylation sites (N-methyl/N-ethyl adjacent to an activating group) is 1. The van der Waals surface area contributed by atoms with Crippen molar-refractivity contribution in [1.29, 1.82) is 0 Å². The van der Waals surface area contributed by atoms with Crippen LogP contribution in [-0.4, -0.2) is 38.6 Å². The van der Waals surface area contributed by atoms with Crippen molar-refractivity contribution in [3.8, 4) is 0 Å². The second-order valence-electron chi connectivity index (χ2n) is 3.05. The Morgan fingerprint density at radius 2 is 2.40 bits per heavy atom. The summed E-state index contributed by atoms with van der Waals surface area (Å²) >= 11 is 0. The molecular weight excluding hydrogens is 124 g/mol. The number of nitrogens with one attached hydrogen (secondary N) is 1. The molecule has 0 aromatic carbocycles. The fraction of sp³-hybridized carbons (Fsp3) is 0.750. The van der Waals surface area contributed by atoms with Crippen molar-refractivity contribution < 1.29 is 0 Å². The molecule has 1 N–H and O–H groups in total. The molecule has 0 amide bonds. The lowest BCUT2D eigenvalue weighted by molar-refractivity contribution is 0.455. The van der Waals surface area contributed by atoms with E-state index in [1.165, 1.54) is 13.0 Å². The van der Waals surface area contributed by atoms with Crippen LogP contribution >= 0.6 is 0 Å². The lowest BCUT2D eigenvalue weighted by atomic mass is 10.2. The zero-order valence-electron chi connectivity index (χ0n) is 6.85. The summed E-state index contributed by atoms with van der Waals surface area (Å²) in [6.07, 6.45) is 3.56. The van der Waals surface area contributed by atoms with Crippen LogP contribution < -0.4 is 5.32 Å². The Morgan fingerprint density at radius 1 is 1.60 bits per heavy atom. The first-order valence-corrected chi connectivity index (χ1v) is 3.82. The van der Waals surface area contributed by atoms with Crippen molar-refractivity contribution in [2.24, 2.45) is 0 Å². The lowest BCUT2D eigenvalue weighted by Crippen LogP contribution is -2.11. The molecule has 2 nitrogen and oxygen atoms in total. The molecule has 1 aliphatic rings. The summed E-state index contributed by atoms with van der Waals surface area (Å²) in [7, 11) is 4.19. The van der Waals surface area contributed by atoms with Crippen molar-refractivity contribution in [1.82, 2.24) is 10.2 Å². The molecule has 1 fully saturated rings. The molecule has 1 aliphatic heterocycles. The van der Waals surface area contributed by atoms with E-state index in [4.69, 9.17) is 0 Å². The molecule has 1 heterocycles. The van der Waals surface area contributed by atoms with Crippen LogP contribution in [0.2, 0.25) is 0 Å². The minimum atomic E-state index is 1.08. The Morgan fingerprint density at radius 3 is 2.90 bits per heavy atom. The van der Waals surface area contributed by atoms with Crippen molar-refractivity contribution in [2.45, 2.75) is 6.42 Å². The molecule has 2 heteroatoms. The maximum Gasteiger partial charge on any atom is 0.0165 e. The summed E-state index contributed by atoms with van der Waals surface area (Å²) in [6, 6.07) is 0. The predicted octanol–water partition coefficient (Wildman–Crippen LogP) is 0.468. The third-order valence-corrected chi connectivity index (χ3v) is 1.72. The van der Waals surface area contributed by atoms with Crippen LogP contribution in [0.4, 0.5) is 0 Å². The van der Waals surface area contributed by atoms with Gasteiger partial charge in [-0.3, -0.25) is 0 Å². The molecular formula is C8H16N2. The van der Waals surface area contributed by atoms with Crippen LogP contribution in [0.15, 0.2) is 11.6 Å². The van der Waals surface area contributed by atoms with E-state index in [-0.39, 0.29) is 0 Å². The zero-order chi connectivity index (χ0) is 7.40. The highest BCUT2D eigenvalue weighted by molar-refractivity contribution is 5.09. The van der Waals surface area contributed by atoms with E-state index < -0.39 is 0 Å². The van der Waals surface area contributed by atoms with Gasteiger partial charge in [-0.15, -0.1) is 0 Å². The van der Waals surface area contributed by atoms with Gasteiger partial charge in [-0.1, -0.05) is 11.6 Å². The van der Waals surface area contributed by atoms with E-state index in [0.29, 0.717) is 0 Å². The monoisotopic (exact) mass is 140 g/mol. The van der Waals surface area contributed by atoms with Gasteiger partial charge in [-0.25, -0.2) is 0 Å². The summed E-state index contributed by atoms with van der Waals surface area (Å²) in [4.78, 5) is 2.19. The second kappa shape index (κ2) is 3.74.